The van der Waals surface area contributed by atoms with E-state index in [9.17, 15) is 4.79 Å². The molecule has 0 fully saturated rings. The number of nitrogens with zero attached hydrogens (tertiary/aromatic N) is 1. The maximum atomic E-state index is 12.7. The number of halogens is 1. The molecule has 28 heavy (non-hydrogen) atoms. The lowest BCUT2D eigenvalue weighted by Gasteiger charge is -2.35. The number of hydrogen-bond acceptors (Lipinski definition) is 4. The maximum absolute atomic E-state index is 12.7. The summed E-state index contributed by atoms with van der Waals surface area (Å²) < 4.78 is 16.3. The van der Waals surface area contributed by atoms with Crippen molar-refractivity contribution >= 4 is 28.6 Å². The SMILES string of the molecule is CCOC(=O)N1CCc2c([nH]c3ccc(Cl)cc23)C1c1ccc2c(c1)OCO2. The molecule has 1 amide bonds. The van der Waals surface area contributed by atoms with Gasteiger partial charge in [0.25, 0.3) is 0 Å². The highest BCUT2D eigenvalue weighted by molar-refractivity contribution is 6.31. The van der Waals surface area contributed by atoms with Crippen molar-refractivity contribution < 1.29 is 19.0 Å². The number of nitrogens with one attached hydrogen (secondary N) is 1. The standard InChI is InChI=1S/C21H19ClN2O4/c1-2-26-21(25)24-8-7-14-15-10-13(22)4-5-16(15)23-19(14)20(24)12-3-6-17-18(9-12)28-11-27-17/h3-6,9-10,20,23H,2,7-8,11H2,1H3. The van der Waals surface area contributed by atoms with Gasteiger partial charge in [-0.05, 0) is 54.8 Å². The van der Waals surface area contributed by atoms with Gasteiger partial charge in [0, 0.05) is 28.2 Å². The second-order valence-electron chi connectivity index (χ2n) is 6.86. The number of fused-ring (bicyclic) bond motifs is 4. The Kier molecular flexibility index (Phi) is 4.09. The van der Waals surface area contributed by atoms with Crippen molar-refractivity contribution in [1.29, 1.82) is 0 Å². The van der Waals surface area contributed by atoms with Crippen LogP contribution in [-0.4, -0.2) is 35.9 Å². The summed E-state index contributed by atoms with van der Waals surface area (Å²) in [7, 11) is 0. The van der Waals surface area contributed by atoms with Crippen molar-refractivity contribution in [3.05, 3.63) is 58.2 Å². The van der Waals surface area contributed by atoms with Gasteiger partial charge in [-0.15, -0.1) is 0 Å². The molecule has 0 aliphatic carbocycles. The number of hydrogen-bond donors (Lipinski definition) is 1. The topological polar surface area (TPSA) is 63.8 Å². The largest absolute Gasteiger partial charge is 0.454 e. The molecule has 1 N–H and O–H groups in total. The number of H-pyrrole nitrogens is 1. The number of aromatic nitrogens is 1. The summed E-state index contributed by atoms with van der Waals surface area (Å²) in [6.07, 6.45) is 0.405. The molecule has 2 aliphatic heterocycles. The summed E-state index contributed by atoms with van der Waals surface area (Å²) >= 11 is 6.23. The van der Waals surface area contributed by atoms with Gasteiger partial charge in [-0.2, -0.15) is 0 Å². The van der Waals surface area contributed by atoms with Crippen LogP contribution in [0.3, 0.4) is 0 Å². The third-order valence-corrected chi connectivity index (χ3v) is 5.54. The Morgan fingerprint density at radius 2 is 2.11 bits per heavy atom. The van der Waals surface area contributed by atoms with E-state index in [2.05, 4.69) is 4.98 Å². The van der Waals surface area contributed by atoms with E-state index < -0.39 is 0 Å². The highest BCUT2D eigenvalue weighted by Crippen LogP contribution is 2.42. The van der Waals surface area contributed by atoms with Gasteiger partial charge in [0.15, 0.2) is 11.5 Å². The van der Waals surface area contributed by atoms with Gasteiger partial charge in [-0.3, -0.25) is 4.90 Å². The summed E-state index contributed by atoms with van der Waals surface area (Å²) in [5.41, 5.74) is 4.11. The van der Waals surface area contributed by atoms with Crippen LogP contribution in [0.25, 0.3) is 10.9 Å². The van der Waals surface area contributed by atoms with E-state index in [0.717, 1.165) is 28.6 Å². The van der Waals surface area contributed by atoms with Gasteiger partial charge in [0.2, 0.25) is 6.79 Å². The lowest BCUT2D eigenvalue weighted by atomic mass is 9.92. The molecule has 3 aromatic rings. The number of rotatable bonds is 2. The fourth-order valence-electron chi connectivity index (χ4n) is 4.09. The summed E-state index contributed by atoms with van der Waals surface area (Å²) in [4.78, 5) is 18.0. The van der Waals surface area contributed by atoms with E-state index in [0.29, 0.717) is 29.7 Å². The van der Waals surface area contributed by atoms with Crippen molar-refractivity contribution in [2.24, 2.45) is 0 Å². The molecule has 0 spiro atoms. The predicted molar refractivity (Wildman–Crippen MR) is 105 cm³/mol. The average molecular weight is 399 g/mol. The monoisotopic (exact) mass is 398 g/mol. The minimum absolute atomic E-state index is 0.210. The number of benzene rings is 2. The van der Waals surface area contributed by atoms with Crippen LogP contribution >= 0.6 is 11.6 Å². The maximum Gasteiger partial charge on any atom is 0.410 e. The molecular weight excluding hydrogens is 380 g/mol. The zero-order valence-electron chi connectivity index (χ0n) is 15.3. The zero-order valence-corrected chi connectivity index (χ0v) is 16.1. The third kappa shape index (κ3) is 2.67. The zero-order chi connectivity index (χ0) is 19.3. The molecule has 1 atom stereocenters. The van der Waals surface area contributed by atoms with E-state index in [-0.39, 0.29) is 18.9 Å². The van der Waals surface area contributed by atoms with Crippen LogP contribution in [0.2, 0.25) is 5.02 Å². The first-order valence-corrected chi connectivity index (χ1v) is 9.66. The average Bonchev–Trinajstić information content (AvgIpc) is 3.30. The minimum atomic E-state index is -0.326. The van der Waals surface area contributed by atoms with Crippen LogP contribution in [0.15, 0.2) is 36.4 Å². The molecule has 7 heteroatoms. The van der Waals surface area contributed by atoms with E-state index in [1.54, 1.807) is 4.90 Å². The molecule has 3 heterocycles. The molecule has 2 aromatic carbocycles. The van der Waals surface area contributed by atoms with Crippen LogP contribution in [0.5, 0.6) is 11.5 Å². The summed E-state index contributed by atoms with van der Waals surface area (Å²) in [5.74, 6) is 1.40. The van der Waals surface area contributed by atoms with Gasteiger partial charge in [0.05, 0.1) is 6.61 Å². The van der Waals surface area contributed by atoms with E-state index in [1.165, 1.54) is 5.56 Å². The molecule has 2 aliphatic rings. The van der Waals surface area contributed by atoms with Crippen LogP contribution in [0.1, 0.15) is 29.8 Å². The van der Waals surface area contributed by atoms with Crippen molar-refractivity contribution in [3.8, 4) is 11.5 Å². The normalized spacial score (nSPS) is 17.6. The molecule has 1 unspecified atom stereocenters. The number of ether oxygens (including phenoxy) is 3. The molecule has 0 bridgehead atoms. The molecule has 1 aromatic heterocycles. The van der Waals surface area contributed by atoms with Crippen molar-refractivity contribution in [1.82, 2.24) is 9.88 Å². The van der Waals surface area contributed by atoms with Gasteiger partial charge in [-0.25, -0.2) is 4.79 Å². The molecule has 144 valence electrons. The highest BCUT2D eigenvalue weighted by atomic mass is 35.5. The molecule has 0 radical (unpaired) electrons. The molecular formula is C21H19ClN2O4. The molecule has 0 saturated carbocycles. The first kappa shape index (κ1) is 17.3. The van der Waals surface area contributed by atoms with E-state index >= 15 is 0 Å². The van der Waals surface area contributed by atoms with Crippen LogP contribution in [0.4, 0.5) is 4.79 Å². The summed E-state index contributed by atoms with van der Waals surface area (Å²) in [6.45, 7) is 2.91. The summed E-state index contributed by atoms with van der Waals surface area (Å²) in [5, 5.41) is 1.79. The van der Waals surface area contributed by atoms with Crippen molar-refractivity contribution in [2.75, 3.05) is 19.9 Å². The smallest absolute Gasteiger partial charge is 0.410 e. The molecule has 5 rings (SSSR count). The van der Waals surface area contributed by atoms with Crippen molar-refractivity contribution in [2.45, 2.75) is 19.4 Å². The number of carbonyl (C=O) groups is 1. The predicted octanol–water partition coefficient (Wildman–Crippen LogP) is 4.65. The van der Waals surface area contributed by atoms with Crippen molar-refractivity contribution in [3.63, 3.8) is 0 Å². The van der Waals surface area contributed by atoms with Gasteiger partial charge in [0.1, 0.15) is 6.04 Å². The quantitative estimate of drug-likeness (QED) is 0.682. The Morgan fingerprint density at radius 1 is 1.25 bits per heavy atom. The third-order valence-electron chi connectivity index (χ3n) is 5.30. The second kappa shape index (κ2) is 6.63. The van der Waals surface area contributed by atoms with Gasteiger partial charge >= 0.3 is 6.09 Å². The van der Waals surface area contributed by atoms with Crippen LogP contribution in [0, 0.1) is 0 Å². The highest BCUT2D eigenvalue weighted by Gasteiger charge is 2.36. The first-order chi connectivity index (χ1) is 13.7. The minimum Gasteiger partial charge on any atom is -0.454 e. The Labute approximate surface area is 166 Å². The molecule has 0 saturated heterocycles. The fourth-order valence-corrected chi connectivity index (χ4v) is 4.27. The van der Waals surface area contributed by atoms with Gasteiger partial charge in [-0.1, -0.05) is 17.7 Å². The Bertz CT molecular complexity index is 1080. The number of aromatic amines is 1. The lowest BCUT2D eigenvalue weighted by molar-refractivity contribution is 0.0931. The first-order valence-electron chi connectivity index (χ1n) is 9.28. The Balaban J connectivity index is 1.67. The van der Waals surface area contributed by atoms with Crippen LogP contribution < -0.4 is 9.47 Å². The number of amides is 1. The fraction of sp³-hybridized carbons (Fsp3) is 0.286. The van der Waals surface area contributed by atoms with E-state index in [1.807, 2.05) is 43.3 Å². The Hall–Kier alpha value is -2.86. The van der Waals surface area contributed by atoms with Gasteiger partial charge < -0.3 is 19.2 Å². The number of carbonyl (C=O) groups excluding carboxylic acids is 1. The lowest BCUT2D eigenvalue weighted by Crippen LogP contribution is -2.40. The summed E-state index contributed by atoms with van der Waals surface area (Å²) in [6, 6.07) is 11.3. The molecule has 6 nitrogen and oxygen atoms in total. The van der Waals surface area contributed by atoms with E-state index in [4.69, 9.17) is 25.8 Å². The second-order valence-corrected chi connectivity index (χ2v) is 7.30. The van der Waals surface area contributed by atoms with Crippen LogP contribution in [-0.2, 0) is 11.2 Å². The Morgan fingerprint density at radius 3 is 2.96 bits per heavy atom.